The predicted octanol–water partition coefficient (Wildman–Crippen LogP) is 3.51. The average molecular weight is 356 g/mol. The van der Waals surface area contributed by atoms with E-state index in [9.17, 15) is 14.4 Å². The fraction of sp³-hybridized carbons (Fsp3) is 0.211. The minimum atomic E-state index is -0.191. The zero-order valence-electron chi connectivity index (χ0n) is 14.2. The number of rotatable bonds is 7. The lowest BCUT2D eigenvalue weighted by Gasteiger charge is -2.07. The van der Waals surface area contributed by atoms with E-state index in [2.05, 4.69) is 10.6 Å². The largest absolute Gasteiger partial charge is 0.325 e. The van der Waals surface area contributed by atoms with Crippen molar-refractivity contribution in [3.63, 3.8) is 0 Å². The van der Waals surface area contributed by atoms with Crippen molar-refractivity contribution >= 4 is 40.7 Å². The Kier molecular flexibility index (Phi) is 6.77. The molecule has 6 heteroatoms. The van der Waals surface area contributed by atoms with Crippen molar-refractivity contribution in [1.29, 1.82) is 0 Å². The molecule has 0 unspecified atom stereocenters. The van der Waals surface area contributed by atoms with E-state index in [4.69, 9.17) is 0 Å². The number of amides is 2. The maximum atomic E-state index is 11.9. The SMILES string of the molecule is CC(=O)c1ccc(NC(=O)CSCC(=O)Nc2cccc(C)c2)cc1. The van der Waals surface area contributed by atoms with E-state index < -0.39 is 0 Å². The molecule has 2 amide bonds. The number of nitrogens with one attached hydrogen (secondary N) is 2. The Morgan fingerprint density at radius 3 is 2.04 bits per heavy atom. The molecular weight excluding hydrogens is 336 g/mol. The van der Waals surface area contributed by atoms with Gasteiger partial charge in [0.1, 0.15) is 0 Å². The van der Waals surface area contributed by atoms with Gasteiger partial charge in [-0.05, 0) is 55.8 Å². The third-order valence-electron chi connectivity index (χ3n) is 3.34. The molecule has 0 heterocycles. The van der Waals surface area contributed by atoms with Gasteiger partial charge in [-0.2, -0.15) is 0 Å². The van der Waals surface area contributed by atoms with Crippen molar-refractivity contribution < 1.29 is 14.4 Å². The summed E-state index contributed by atoms with van der Waals surface area (Å²) < 4.78 is 0. The van der Waals surface area contributed by atoms with Crippen LogP contribution in [0.25, 0.3) is 0 Å². The van der Waals surface area contributed by atoms with Gasteiger partial charge in [0.25, 0.3) is 0 Å². The molecule has 2 aromatic rings. The quantitative estimate of drug-likeness (QED) is 0.745. The van der Waals surface area contributed by atoms with E-state index in [1.807, 2.05) is 31.2 Å². The Balaban J connectivity index is 1.72. The third kappa shape index (κ3) is 6.43. The first kappa shape index (κ1) is 18.7. The molecule has 2 rings (SSSR count). The molecule has 5 nitrogen and oxygen atoms in total. The molecule has 0 radical (unpaired) electrons. The molecule has 2 N–H and O–H groups in total. The summed E-state index contributed by atoms with van der Waals surface area (Å²) in [5, 5.41) is 5.54. The Hall–Kier alpha value is -2.60. The lowest BCUT2D eigenvalue weighted by atomic mass is 10.1. The Morgan fingerprint density at radius 1 is 0.880 bits per heavy atom. The summed E-state index contributed by atoms with van der Waals surface area (Å²) in [5.41, 5.74) is 3.04. The number of carbonyl (C=O) groups is 3. The molecule has 0 aromatic heterocycles. The fourth-order valence-electron chi connectivity index (χ4n) is 2.14. The van der Waals surface area contributed by atoms with Crippen LogP contribution in [0.5, 0.6) is 0 Å². The van der Waals surface area contributed by atoms with E-state index in [1.165, 1.54) is 18.7 Å². The monoisotopic (exact) mass is 356 g/mol. The van der Waals surface area contributed by atoms with Gasteiger partial charge < -0.3 is 10.6 Å². The maximum Gasteiger partial charge on any atom is 0.234 e. The van der Waals surface area contributed by atoms with Gasteiger partial charge >= 0.3 is 0 Å². The van der Waals surface area contributed by atoms with Crippen LogP contribution >= 0.6 is 11.8 Å². The molecule has 0 aliphatic heterocycles. The van der Waals surface area contributed by atoms with Crippen LogP contribution in [-0.2, 0) is 9.59 Å². The normalized spacial score (nSPS) is 10.2. The number of aryl methyl sites for hydroxylation is 1. The number of hydrogen-bond donors (Lipinski definition) is 2. The average Bonchev–Trinajstić information content (AvgIpc) is 2.55. The molecule has 0 bridgehead atoms. The van der Waals surface area contributed by atoms with E-state index >= 15 is 0 Å². The first-order chi connectivity index (χ1) is 11.9. The molecule has 0 saturated heterocycles. The second-order valence-corrected chi connectivity index (χ2v) is 6.58. The lowest BCUT2D eigenvalue weighted by Crippen LogP contribution is -2.18. The van der Waals surface area contributed by atoms with Gasteiger partial charge in [0.15, 0.2) is 5.78 Å². The van der Waals surface area contributed by atoms with Gasteiger partial charge in [-0.15, -0.1) is 11.8 Å². The molecule has 0 aliphatic carbocycles. The summed E-state index contributed by atoms with van der Waals surface area (Å²) in [7, 11) is 0. The maximum absolute atomic E-state index is 11.9. The first-order valence-electron chi connectivity index (χ1n) is 7.79. The summed E-state index contributed by atoms with van der Waals surface area (Å²) in [6, 6.07) is 14.3. The van der Waals surface area contributed by atoms with Crippen molar-refractivity contribution in [2.75, 3.05) is 22.1 Å². The number of carbonyl (C=O) groups excluding carboxylic acids is 3. The Morgan fingerprint density at radius 2 is 1.48 bits per heavy atom. The van der Waals surface area contributed by atoms with Crippen LogP contribution in [-0.4, -0.2) is 29.1 Å². The van der Waals surface area contributed by atoms with Gasteiger partial charge in [0.05, 0.1) is 11.5 Å². The Labute approximate surface area is 151 Å². The highest BCUT2D eigenvalue weighted by Gasteiger charge is 2.07. The molecule has 0 atom stereocenters. The summed E-state index contributed by atoms with van der Waals surface area (Å²) in [4.78, 5) is 35.0. The topological polar surface area (TPSA) is 75.3 Å². The third-order valence-corrected chi connectivity index (χ3v) is 4.28. The molecule has 0 fully saturated rings. The number of thioether (sulfide) groups is 1. The molecule has 0 aliphatic rings. The Bertz CT molecular complexity index is 772. The van der Waals surface area contributed by atoms with Crippen molar-refractivity contribution in [1.82, 2.24) is 0 Å². The second kappa shape index (κ2) is 9.03. The van der Waals surface area contributed by atoms with Gasteiger partial charge in [0, 0.05) is 16.9 Å². The molecule has 0 spiro atoms. The molecule has 0 saturated carbocycles. The minimum Gasteiger partial charge on any atom is -0.325 e. The van der Waals surface area contributed by atoms with E-state index in [-0.39, 0.29) is 29.1 Å². The van der Waals surface area contributed by atoms with Crippen molar-refractivity contribution in [3.8, 4) is 0 Å². The number of Topliss-reactive ketones (excluding diaryl/α,β-unsaturated/α-hetero) is 1. The smallest absolute Gasteiger partial charge is 0.234 e. The number of hydrogen-bond acceptors (Lipinski definition) is 4. The van der Waals surface area contributed by atoms with Gasteiger partial charge in [-0.3, -0.25) is 14.4 Å². The zero-order valence-corrected chi connectivity index (χ0v) is 15.0. The highest BCUT2D eigenvalue weighted by molar-refractivity contribution is 8.00. The summed E-state index contributed by atoms with van der Waals surface area (Å²) in [6.07, 6.45) is 0. The molecule has 2 aromatic carbocycles. The summed E-state index contributed by atoms with van der Waals surface area (Å²) in [6.45, 7) is 3.45. The van der Waals surface area contributed by atoms with Crippen LogP contribution in [0.1, 0.15) is 22.8 Å². The second-order valence-electron chi connectivity index (χ2n) is 5.59. The number of ketones is 1. The number of benzene rings is 2. The van der Waals surface area contributed by atoms with Crippen LogP contribution in [0.2, 0.25) is 0 Å². The fourth-order valence-corrected chi connectivity index (χ4v) is 2.76. The van der Waals surface area contributed by atoms with Crippen molar-refractivity contribution in [2.45, 2.75) is 13.8 Å². The summed E-state index contributed by atoms with van der Waals surface area (Å²) >= 11 is 1.24. The molecule has 130 valence electrons. The zero-order chi connectivity index (χ0) is 18.2. The van der Waals surface area contributed by atoms with Crippen LogP contribution in [0.3, 0.4) is 0 Å². The van der Waals surface area contributed by atoms with Gasteiger partial charge in [-0.25, -0.2) is 0 Å². The van der Waals surface area contributed by atoms with E-state index in [0.717, 1.165) is 11.3 Å². The highest BCUT2D eigenvalue weighted by Crippen LogP contribution is 2.12. The van der Waals surface area contributed by atoms with Crippen LogP contribution < -0.4 is 10.6 Å². The van der Waals surface area contributed by atoms with Crippen LogP contribution in [0.15, 0.2) is 48.5 Å². The van der Waals surface area contributed by atoms with Crippen LogP contribution in [0, 0.1) is 6.92 Å². The lowest BCUT2D eigenvalue weighted by molar-refractivity contribution is -0.114. The van der Waals surface area contributed by atoms with Gasteiger partial charge in [-0.1, -0.05) is 12.1 Å². The molecule has 25 heavy (non-hydrogen) atoms. The summed E-state index contributed by atoms with van der Waals surface area (Å²) in [5.74, 6) is 0.0200. The van der Waals surface area contributed by atoms with Crippen molar-refractivity contribution in [2.24, 2.45) is 0 Å². The first-order valence-corrected chi connectivity index (χ1v) is 8.94. The van der Waals surface area contributed by atoms with Crippen molar-refractivity contribution in [3.05, 3.63) is 59.7 Å². The number of anilines is 2. The highest BCUT2D eigenvalue weighted by atomic mass is 32.2. The molecular formula is C19H20N2O3S. The minimum absolute atomic E-state index is 0.0203. The standard InChI is InChI=1S/C19H20N2O3S/c1-13-4-3-5-17(10-13)21-19(24)12-25-11-18(23)20-16-8-6-15(7-9-16)14(2)22/h3-10H,11-12H2,1-2H3,(H,20,23)(H,21,24). The predicted molar refractivity (Wildman–Crippen MR) is 102 cm³/mol. The van der Waals surface area contributed by atoms with Gasteiger partial charge in [0.2, 0.25) is 11.8 Å². The van der Waals surface area contributed by atoms with E-state index in [0.29, 0.717) is 11.3 Å². The van der Waals surface area contributed by atoms with Crippen LogP contribution in [0.4, 0.5) is 11.4 Å². The van der Waals surface area contributed by atoms with E-state index in [1.54, 1.807) is 24.3 Å².